The maximum Gasteiger partial charge on any atom is 0.227 e. The maximum absolute atomic E-state index is 6.16. The first-order chi connectivity index (χ1) is 10.1. The van der Waals surface area contributed by atoms with Crippen molar-refractivity contribution >= 4 is 0 Å². The molecule has 4 nitrogen and oxygen atoms in total. The van der Waals surface area contributed by atoms with Gasteiger partial charge in [-0.1, -0.05) is 26.0 Å². The van der Waals surface area contributed by atoms with Gasteiger partial charge in [0.2, 0.25) is 5.88 Å². The van der Waals surface area contributed by atoms with Gasteiger partial charge in [0.25, 0.3) is 0 Å². The number of fused-ring (bicyclic) bond motifs is 1. The molecule has 0 saturated heterocycles. The first kappa shape index (κ1) is 14.0. The second-order valence-corrected chi connectivity index (χ2v) is 5.83. The smallest absolute Gasteiger partial charge is 0.227 e. The third-order valence-corrected chi connectivity index (χ3v) is 3.83. The molecule has 0 atom stereocenters. The van der Waals surface area contributed by atoms with E-state index in [1.165, 1.54) is 11.1 Å². The van der Waals surface area contributed by atoms with E-state index >= 15 is 0 Å². The zero-order valence-electron chi connectivity index (χ0n) is 12.8. The van der Waals surface area contributed by atoms with Crippen LogP contribution in [0, 0.1) is 6.92 Å². The summed E-state index contributed by atoms with van der Waals surface area (Å²) in [6.45, 7) is 8.16. The third-order valence-electron chi connectivity index (χ3n) is 3.83. The van der Waals surface area contributed by atoms with Crippen molar-refractivity contribution in [1.29, 1.82) is 0 Å². The van der Waals surface area contributed by atoms with Gasteiger partial charge in [-0.05, 0) is 30.0 Å². The Morgan fingerprint density at radius 1 is 1.24 bits per heavy atom. The highest BCUT2D eigenvalue weighted by Crippen LogP contribution is 2.33. The molecule has 1 N–H and O–H groups in total. The Morgan fingerprint density at radius 2 is 2.10 bits per heavy atom. The van der Waals surface area contributed by atoms with Gasteiger partial charge in [0, 0.05) is 19.5 Å². The molecule has 110 valence electrons. The van der Waals surface area contributed by atoms with Crippen LogP contribution in [0.5, 0.6) is 11.6 Å². The average Bonchev–Trinajstić information content (AvgIpc) is 2.47. The van der Waals surface area contributed by atoms with Crippen LogP contribution in [-0.4, -0.2) is 16.5 Å². The number of aryl methyl sites for hydroxylation is 1. The highest BCUT2D eigenvalue weighted by Gasteiger charge is 2.18. The molecule has 1 aliphatic rings. The topological polar surface area (TPSA) is 47.0 Å². The van der Waals surface area contributed by atoms with Crippen LogP contribution in [0.15, 0.2) is 24.5 Å². The average molecular weight is 283 g/mol. The predicted molar refractivity (Wildman–Crippen MR) is 82.8 cm³/mol. The van der Waals surface area contributed by atoms with Gasteiger partial charge in [0.1, 0.15) is 12.1 Å². The first-order valence-corrected chi connectivity index (χ1v) is 7.47. The molecule has 0 unspecified atom stereocenters. The van der Waals surface area contributed by atoms with Gasteiger partial charge in [0.05, 0.1) is 11.3 Å². The van der Waals surface area contributed by atoms with Crippen molar-refractivity contribution in [3.8, 4) is 11.6 Å². The molecule has 0 aliphatic carbocycles. The summed E-state index contributed by atoms with van der Waals surface area (Å²) >= 11 is 0. The molecule has 3 rings (SSSR count). The molecule has 2 aromatic rings. The summed E-state index contributed by atoms with van der Waals surface area (Å²) in [5.74, 6) is 1.99. The fourth-order valence-electron chi connectivity index (χ4n) is 2.64. The maximum atomic E-state index is 6.16. The van der Waals surface area contributed by atoms with Crippen LogP contribution in [0.2, 0.25) is 0 Å². The summed E-state index contributed by atoms with van der Waals surface area (Å²) in [4.78, 5) is 8.71. The molecule has 0 fully saturated rings. The van der Waals surface area contributed by atoms with Crippen LogP contribution < -0.4 is 10.1 Å². The lowest BCUT2D eigenvalue weighted by atomic mass is 10.0. The second kappa shape index (κ2) is 5.82. The van der Waals surface area contributed by atoms with E-state index in [1.807, 2.05) is 0 Å². The SMILES string of the molecule is Cc1ccc(C(C)C)c(Oc2ncnc3c2CNCC3)c1. The molecule has 0 spiro atoms. The van der Waals surface area contributed by atoms with Gasteiger partial charge in [-0.2, -0.15) is 0 Å². The standard InChI is InChI=1S/C17H21N3O/c1-11(2)13-5-4-12(3)8-16(13)21-17-14-9-18-7-6-15(14)19-10-20-17/h4-5,8,10-11,18H,6-7,9H2,1-3H3. The number of ether oxygens (including phenoxy) is 1. The largest absolute Gasteiger partial charge is 0.438 e. The van der Waals surface area contributed by atoms with Gasteiger partial charge in [0.15, 0.2) is 0 Å². The Hall–Kier alpha value is -1.94. The molecule has 1 aromatic carbocycles. The fraction of sp³-hybridized carbons (Fsp3) is 0.412. The number of hydrogen-bond donors (Lipinski definition) is 1. The van der Waals surface area contributed by atoms with Crippen molar-refractivity contribution in [2.24, 2.45) is 0 Å². The first-order valence-electron chi connectivity index (χ1n) is 7.47. The third kappa shape index (κ3) is 2.90. The Bertz CT molecular complexity index is 652. The molecule has 0 amide bonds. The number of benzene rings is 1. The Kier molecular flexibility index (Phi) is 3.88. The van der Waals surface area contributed by atoms with Crippen molar-refractivity contribution in [3.05, 3.63) is 46.9 Å². The lowest BCUT2D eigenvalue weighted by Gasteiger charge is -2.20. The van der Waals surface area contributed by atoms with E-state index in [4.69, 9.17) is 4.74 Å². The van der Waals surface area contributed by atoms with Gasteiger partial charge >= 0.3 is 0 Å². The summed E-state index contributed by atoms with van der Waals surface area (Å²) in [6.07, 6.45) is 2.53. The monoisotopic (exact) mass is 283 g/mol. The predicted octanol–water partition coefficient (Wildman–Crippen LogP) is 3.35. The van der Waals surface area contributed by atoms with Crippen LogP contribution in [0.1, 0.15) is 42.1 Å². The summed E-state index contributed by atoms with van der Waals surface area (Å²) in [5, 5.41) is 3.36. The highest BCUT2D eigenvalue weighted by atomic mass is 16.5. The summed E-state index contributed by atoms with van der Waals surface area (Å²) in [5.41, 5.74) is 4.57. The quantitative estimate of drug-likeness (QED) is 0.938. The van der Waals surface area contributed by atoms with Gasteiger partial charge in [-0.3, -0.25) is 0 Å². The summed E-state index contributed by atoms with van der Waals surface area (Å²) < 4.78 is 6.16. The highest BCUT2D eigenvalue weighted by molar-refractivity contribution is 5.43. The molecule has 0 saturated carbocycles. The van der Waals surface area contributed by atoms with Crippen molar-refractivity contribution in [2.75, 3.05) is 6.54 Å². The number of aromatic nitrogens is 2. The molecule has 0 bridgehead atoms. The molecular formula is C17H21N3O. The second-order valence-electron chi connectivity index (χ2n) is 5.83. The molecule has 1 aromatic heterocycles. The minimum absolute atomic E-state index is 0.413. The number of nitrogens with one attached hydrogen (secondary N) is 1. The fourth-order valence-corrected chi connectivity index (χ4v) is 2.64. The van der Waals surface area contributed by atoms with E-state index in [-0.39, 0.29) is 0 Å². The van der Waals surface area contributed by atoms with E-state index in [9.17, 15) is 0 Å². The van der Waals surface area contributed by atoms with Crippen LogP contribution in [0.25, 0.3) is 0 Å². The minimum atomic E-state index is 0.413. The van der Waals surface area contributed by atoms with Gasteiger partial charge < -0.3 is 10.1 Å². The summed E-state index contributed by atoms with van der Waals surface area (Å²) in [6, 6.07) is 6.35. The molecule has 2 heterocycles. The van der Waals surface area contributed by atoms with Crippen molar-refractivity contribution in [3.63, 3.8) is 0 Å². The molecule has 0 radical (unpaired) electrons. The van der Waals surface area contributed by atoms with Crippen LogP contribution in [-0.2, 0) is 13.0 Å². The van der Waals surface area contributed by atoms with E-state index in [1.54, 1.807) is 6.33 Å². The van der Waals surface area contributed by atoms with E-state index in [0.29, 0.717) is 11.8 Å². The van der Waals surface area contributed by atoms with Crippen molar-refractivity contribution in [1.82, 2.24) is 15.3 Å². The van der Waals surface area contributed by atoms with Gasteiger partial charge in [-0.15, -0.1) is 0 Å². The Morgan fingerprint density at radius 3 is 2.90 bits per heavy atom. The number of nitrogens with zero attached hydrogens (tertiary/aromatic N) is 2. The number of hydrogen-bond acceptors (Lipinski definition) is 4. The zero-order chi connectivity index (χ0) is 14.8. The lowest BCUT2D eigenvalue weighted by molar-refractivity contribution is 0.436. The van der Waals surface area contributed by atoms with E-state index in [0.717, 1.165) is 36.5 Å². The van der Waals surface area contributed by atoms with Crippen LogP contribution >= 0.6 is 0 Å². The minimum Gasteiger partial charge on any atom is -0.438 e. The molecular weight excluding hydrogens is 262 g/mol. The van der Waals surface area contributed by atoms with Crippen molar-refractivity contribution in [2.45, 2.75) is 39.7 Å². The normalized spacial score (nSPS) is 14.1. The molecule has 1 aliphatic heterocycles. The number of rotatable bonds is 3. The van der Waals surface area contributed by atoms with E-state index < -0.39 is 0 Å². The van der Waals surface area contributed by atoms with Crippen LogP contribution in [0.4, 0.5) is 0 Å². The van der Waals surface area contributed by atoms with Crippen molar-refractivity contribution < 1.29 is 4.74 Å². The Labute approximate surface area is 125 Å². The van der Waals surface area contributed by atoms with Gasteiger partial charge in [-0.25, -0.2) is 9.97 Å². The lowest BCUT2D eigenvalue weighted by Crippen LogP contribution is -2.25. The molecule has 4 heteroatoms. The Balaban J connectivity index is 1.99. The van der Waals surface area contributed by atoms with E-state index in [2.05, 4.69) is 54.3 Å². The molecule has 21 heavy (non-hydrogen) atoms. The van der Waals surface area contributed by atoms with Crippen LogP contribution in [0.3, 0.4) is 0 Å². The summed E-state index contributed by atoms with van der Waals surface area (Å²) in [7, 11) is 0. The zero-order valence-corrected chi connectivity index (χ0v) is 12.8.